The molecule has 0 aromatic heterocycles. The van der Waals surface area contributed by atoms with Crippen molar-refractivity contribution in [2.24, 2.45) is 0 Å². The average Bonchev–Trinajstić information content (AvgIpc) is 2.53. The third-order valence-corrected chi connectivity index (χ3v) is 3.37. The first-order chi connectivity index (χ1) is 10.7. The summed E-state index contributed by atoms with van der Waals surface area (Å²) in [6.45, 7) is 4.88. The van der Waals surface area contributed by atoms with Crippen LogP contribution in [0.4, 0.5) is 0 Å². The van der Waals surface area contributed by atoms with Crippen LogP contribution < -0.4 is 9.47 Å². The number of esters is 1. The third kappa shape index (κ3) is 4.89. The number of hydrogen-bond donors (Lipinski definition) is 0. The van der Waals surface area contributed by atoms with Gasteiger partial charge >= 0.3 is 5.97 Å². The Labute approximate surface area is 130 Å². The Morgan fingerprint density at radius 1 is 1.36 bits per heavy atom. The molecule has 2 rings (SSSR count). The molecule has 0 saturated carbocycles. The van der Waals surface area contributed by atoms with Gasteiger partial charge in [0.15, 0.2) is 11.5 Å². The maximum Gasteiger partial charge on any atom is 0.320 e. The maximum absolute atomic E-state index is 11.5. The van der Waals surface area contributed by atoms with Crippen molar-refractivity contribution >= 4 is 5.97 Å². The summed E-state index contributed by atoms with van der Waals surface area (Å²) in [6, 6.07) is 7.50. The van der Waals surface area contributed by atoms with Crippen LogP contribution in [0.25, 0.3) is 0 Å². The second-order valence-electron chi connectivity index (χ2n) is 4.99. The number of morpholine rings is 1. The van der Waals surface area contributed by atoms with Gasteiger partial charge in [0.25, 0.3) is 0 Å². The van der Waals surface area contributed by atoms with Crippen LogP contribution in [-0.2, 0) is 14.3 Å². The van der Waals surface area contributed by atoms with Crippen molar-refractivity contribution in [1.29, 1.82) is 0 Å². The number of methoxy groups -OCH3 is 1. The fourth-order valence-corrected chi connectivity index (χ4v) is 2.33. The standard InChI is InChI=1S/C16H23NO5/c1-3-20-16(18)11-17-8-9-21-13(10-17)12-22-15-7-5-4-6-14(15)19-2/h4-7,13H,3,8-12H2,1-2H3. The molecule has 0 spiro atoms. The number of para-hydroxylation sites is 2. The number of benzene rings is 1. The quantitative estimate of drug-likeness (QED) is 0.709. The Hall–Kier alpha value is -1.79. The number of rotatable bonds is 7. The molecule has 122 valence electrons. The molecule has 1 aromatic carbocycles. The Bertz CT molecular complexity index is 479. The van der Waals surface area contributed by atoms with Crippen molar-refractivity contribution in [1.82, 2.24) is 4.90 Å². The van der Waals surface area contributed by atoms with Crippen LogP contribution in [0.3, 0.4) is 0 Å². The number of ether oxygens (including phenoxy) is 4. The van der Waals surface area contributed by atoms with E-state index in [4.69, 9.17) is 18.9 Å². The van der Waals surface area contributed by atoms with Crippen LogP contribution in [-0.4, -0.2) is 63.5 Å². The first kappa shape index (κ1) is 16.6. The molecule has 1 atom stereocenters. The van der Waals surface area contributed by atoms with E-state index in [1.807, 2.05) is 29.2 Å². The van der Waals surface area contributed by atoms with Gasteiger partial charge < -0.3 is 18.9 Å². The summed E-state index contributed by atoms with van der Waals surface area (Å²) in [7, 11) is 1.61. The topological polar surface area (TPSA) is 57.2 Å². The summed E-state index contributed by atoms with van der Waals surface area (Å²) in [6.07, 6.45) is -0.0758. The van der Waals surface area contributed by atoms with Gasteiger partial charge in [-0.05, 0) is 19.1 Å². The van der Waals surface area contributed by atoms with E-state index in [1.54, 1.807) is 14.0 Å². The highest BCUT2D eigenvalue weighted by Crippen LogP contribution is 2.26. The Balaban J connectivity index is 1.81. The summed E-state index contributed by atoms with van der Waals surface area (Å²) in [5.41, 5.74) is 0. The number of carbonyl (C=O) groups is 1. The molecule has 1 aliphatic rings. The fraction of sp³-hybridized carbons (Fsp3) is 0.562. The van der Waals surface area contributed by atoms with E-state index in [9.17, 15) is 4.79 Å². The molecule has 1 aliphatic heterocycles. The zero-order valence-electron chi connectivity index (χ0n) is 13.1. The van der Waals surface area contributed by atoms with Gasteiger partial charge in [0, 0.05) is 13.1 Å². The summed E-state index contributed by atoms with van der Waals surface area (Å²) < 4.78 is 21.7. The predicted molar refractivity (Wildman–Crippen MR) is 81.3 cm³/mol. The van der Waals surface area contributed by atoms with E-state index < -0.39 is 0 Å². The summed E-state index contributed by atoms with van der Waals surface area (Å²) >= 11 is 0. The van der Waals surface area contributed by atoms with E-state index >= 15 is 0 Å². The van der Waals surface area contributed by atoms with Crippen LogP contribution in [0.15, 0.2) is 24.3 Å². The van der Waals surface area contributed by atoms with Crippen LogP contribution >= 0.6 is 0 Å². The highest BCUT2D eigenvalue weighted by Gasteiger charge is 2.23. The van der Waals surface area contributed by atoms with Gasteiger partial charge in [-0.3, -0.25) is 9.69 Å². The van der Waals surface area contributed by atoms with Gasteiger partial charge in [-0.15, -0.1) is 0 Å². The maximum atomic E-state index is 11.5. The molecule has 0 bridgehead atoms. The van der Waals surface area contributed by atoms with Crippen molar-refractivity contribution in [3.8, 4) is 11.5 Å². The Morgan fingerprint density at radius 3 is 2.86 bits per heavy atom. The lowest BCUT2D eigenvalue weighted by Crippen LogP contribution is -2.47. The molecule has 1 saturated heterocycles. The zero-order chi connectivity index (χ0) is 15.8. The van der Waals surface area contributed by atoms with Crippen molar-refractivity contribution in [2.75, 3.05) is 46.6 Å². The van der Waals surface area contributed by atoms with E-state index in [0.717, 1.165) is 6.54 Å². The molecule has 22 heavy (non-hydrogen) atoms. The SMILES string of the molecule is CCOC(=O)CN1CCOC(COc2ccccc2OC)C1. The Morgan fingerprint density at radius 2 is 2.14 bits per heavy atom. The molecule has 0 N–H and O–H groups in total. The predicted octanol–water partition coefficient (Wildman–Crippen LogP) is 1.34. The first-order valence-electron chi connectivity index (χ1n) is 7.48. The molecular formula is C16H23NO5. The molecule has 1 unspecified atom stereocenters. The minimum atomic E-state index is -0.200. The molecule has 0 amide bonds. The van der Waals surface area contributed by atoms with Crippen LogP contribution in [0.2, 0.25) is 0 Å². The van der Waals surface area contributed by atoms with Crippen molar-refractivity contribution in [3.63, 3.8) is 0 Å². The fourth-order valence-electron chi connectivity index (χ4n) is 2.33. The van der Waals surface area contributed by atoms with Gasteiger partial charge in [-0.1, -0.05) is 12.1 Å². The van der Waals surface area contributed by atoms with Crippen molar-refractivity contribution in [2.45, 2.75) is 13.0 Å². The van der Waals surface area contributed by atoms with Crippen molar-refractivity contribution in [3.05, 3.63) is 24.3 Å². The van der Waals surface area contributed by atoms with E-state index in [-0.39, 0.29) is 12.1 Å². The lowest BCUT2D eigenvalue weighted by Gasteiger charge is -2.32. The normalized spacial score (nSPS) is 18.7. The highest BCUT2D eigenvalue weighted by molar-refractivity contribution is 5.71. The highest BCUT2D eigenvalue weighted by atomic mass is 16.5. The molecular weight excluding hydrogens is 286 g/mol. The molecule has 1 fully saturated rings. The van der Waals surface area contributed by atoms with E-state index in [1.165, 1.54) is 0 Å². The third-order valence-electron chi connectivity index (χ3n) is 3.37. The Kier molecular flexibility index (Phi) is 6.48. The average molecular weight is 309 g/mol. The molecule has 1 heterocycles. The smallest absolute Gasteiger partial charge is 0.320 e. The summed E-state index contributed by atoms with van der Waals surface area (Å²) in [5, 5.41) is 0. The van der Waals surface area contributed by atoms with Gasteiger partial charge in [-0.25, -0.2) is 0 Å². The lowest BCUT2D eigenvalue weighted by atomic mass is 10.2. The monoisotopic (exact) mass is 309 g/mol. The summed E-state index contributed by atoms with van der Waals surface area (Å²) in [4.78, 5) is 13.6. The van der Waals surface area contributed by atoms with Gasteiger partial charge in [-0.2, -0.15) is 0 Å². The molecule has 0 radical (unpaired) electrons. The molecule has 1 aromatic rings. The number of hydrogen-bond acceptors (Lipinski definition) is 6. The minimum Gasteiger partial charge on any atom is -0.493 e. The van der Waals surface area contributed by atoms with E-state index in [0.29, 0.717) is 44.4 Å². The van der Waals surface area contributed by atoms with Gasteiger partial charge in [0.05, 0.1) is 26.9 Å². The lowest BCUT2D eigenvalue weighted by molar-refractivity contribution is -0.146. The van der Waals surface area contributed by atoms with E-state index in [2.05, 4.69) is 0 Å². The number of carbonyl (C=O) groups excluding carboxylic acids is 1. The second-order valence-corrected chi connectivity index (χ2v) is 4.99. The van der Waals surface area contributed by atoms with Crippen LogP contribution in [0.5, 0.6) is 11.5 Å². The largest absolute Gasteiger partial charge is 0.493 e. The summed E-state index contributed by atoms with van der Waals surface area (Å²) in [5.74, 6) is 1.19. The molecule has 6 nitrogen and oxygen atoms in total. The van der Waals surface area contributed by atoms with Crippen LogP contribution in [0, 0.1) is 0 Å². The van der Waals surface area contributed by atoms with Gasteiger partial charge in [0.2, 0.25) is 0 Å². The second kappa shape index (κ2) is 8.60. The minimum absolute atomic E-state index is 0.0758. The van der Waals surface area contributed by atoms with Gasteiger partial charge in [0.1, 0.15) is 12.7 Å². The van der Waals surface area contributed by atoms with Crippen molar-refractivity contribution < 1.29 is 23.7 Å². The number of nitrogens with zero attached hydrogens (tertiary/aromatic N) is 1. The first-order valence-corrected chi connectivity index (χ1v) is 7.48. The van der Waals surface area contributed by atoms with Crippen LogP contribution in [0.1, 0.15) is 6.92 Å². The molecule has 0 aliphatic carbocycles. The molecule has 6 heteroatoms. The zero-order valence-corrected chi connectivity index (χ0v) is 13.1.